The summed E-state index contributed by atoms with van der Waals surface area (Å²) in [4.78, 5) is 28.4. The SMILES string of the molecule is CCOC(=O)C1(Cn2ncc(C(=O)N(CC(O)c3c(Cl)ccc(F)c3Cl)C3CC4C(C3)C4(C)C)c2C(F)(F)F)CCCCC1. The lowest BCUT2D eigenvalue weighted by Gasteiger charge is -2.35. The zero-order valence-corrected chi connectivity index (χ0v) is 26.4. The van der Waals surface area contributed by atoms with Crippen molar-refractivity contribution >= 4 is 35.1 Å². The van der Waals surface area contributed by atoms with Gasteiger partial charge in [0.15, 0.2) is 5.69 Å². The summed E-state index contributed by atoms with van der Waals surface area (Å²) in [7, 11) is 0. The molecule has 3 saturated carbocycles. The Bertz CT molecular complexity index is 1410. The second-order valence-electron chi connectivity index (χ2n) is 13.0. The number of esters is 1. The molecule has 5 rings (SSSR count). The number of aromatic nitrogens is 2. The Labute approximate surface area is 263 Å². The first kappa shape index (κ1) is 33.0. The molecule has 1 amide bonds. The molecular formula is C31H37Cl2F4N3O4. The molecule has 3 atom stereocenters. The number of halogens is 6. The van der Waals surface area contributed by atoms with Gasteiger partial charge >= 0.3 is 12.1 Å². The van der Waals surface area contributed by atoms with Gasteiger partial charge in [0.1, 0.15) is 5.82 Å². The van der Waals surface area contributed by atoms with Crippen molar-refractivity contribution in [2.45, 2.75) is 90.6 Å². The van der Waals surface area contributed by atoms with Crippen LogP contribution in [0.3, 0.4) is 0 Å². The van der Waals surface area contributed by atoms with Gasteiger partial charge in [-0.1, -0.05) is 56.3 Å². The van der Waals surface area contributed by atoms with Crippen molar-refractivity contribution in [3.05, 3.63) is 51.0 Å². The Kier molecular flexibility index (Phi) is 9.07. The predicted molar refractivity (Wildman–Crippen MR) is 156 cm³/mol. The van der Waals surface area contributed by atoms with Gasteiger partial charge in [0.2, 0.25) is 0 Å². The van der Waals surface area contributed by atoms with Crippen molar-refractivity contribution in [1.82, 2.24) is 14.7 Å². The number of ether oxygens (including phenoxy) is 1. The molecule has 1 aromatic heterocycles. The molecule has 1 N–H and O–H groups in total. The van der Waals surface area contributed by atoms with Crippen molar-refractivity contribution in [3.63, 3.8) is 0 Å². The second kappa shape index (κ2) is 12.1. The van der Waals surface area contributed by atoms with E-state index >= 15 is 0 Å². The number of fused-ring (bicyclic) bond motifs is 1. The fourth-order valence-electron chi connectivity index (χ4n) is 7.60. The van der Waals surface area contributed by atoms with E-state index in [1.807, 2.05) is 0 Å². The van der Waals surface area contributed by atoms with E-state index in [4.69, 9.17) is 27.9 Å². The van der Waals surface area contributed by atoms with E-state index in [9.17, 15) is 32.3 Å². The van der Waals surface area contributed by atoms with Gasteiger partial charge in [0.25, 0.3) is 5.91 Å². The minimum Gasteiger partial charge on any atom is -0.466 e. The van der Waals surface area contributed by atoms with Gasteiger partial charge in [-0.15, -0.1) is 0 Å². The molecule has 0 radical (unpaired) electrons. The Balaban J connectivity index is 1.51. The van der Waals surface area contributed by atoms with Crippen LogP contribution < -0.4 is 0 Å². The summed E-state index contributed by atoms with van der Waals surface area (Å²) in [5.41, 5.74) is -3.23. The van der Waals surface area contributed by atoms with Crippen LogP contribution in [0.25, 0.3) is 0 Å². The van der Waals surface area contributed by atoms with Crippen LogP contribution in [-0.2, 0) is 22.3 Å². The summed E-state index contributed by atoms with van der Waals surface area (Å²) in [6, 6.07) is 1.78. The maximum atomic E-state index is 14.7. The largest absolute Gasteiger partial charge is 0.466 e. The summed E-state index contributed by atoms with van der Waals surface area (Å²) in [5, 5.41) is 14.7. The summed E-state index contributed by atoms with van der Waals surface area (Å²) in [5.74, 6) is -1.81. The normalized spacial score (nSPS) is 24.5. The lowest BCUT2D eigenvalue weighted by molar-refractivity contribution is -0.161. The number of amides is 1. The molecule has 0 aliphatic heterocycles. The average molecular weight is 663 g/mol. The van der Waals surface area contributed by atoms with Crippen LogP contribution in [0.1, 0.15) is 93.4 Å². The van der Waals surface area contributed by atoms with Gasteiger partial charge < -0.3 is 14.7 Å². The van der Waals surface area contributed by atoms with E-state index < -0.39 is 64.3 Å². The van der Waals surface area contributed by atoms with Crippen molar-refractivity contribution in [3.8, 4) is 0 Å². The van der Waals surface area contributed by atoms with E-state index in [0.29, 0.717) is 43.2 Å². The molecule has 3 fully saturated rings. The van der Waals surface area contributed by atoms with Crippen LogP contribution in [-0.4, -0.2) is 50.9 Å². The van der Waals surface area contributed by atoms with Gasteiger partial charge in [-0.3, -0.25) is 14.3 Å². The van der Waals surface area contributed by atoms with Crippen LogP contribution in [0.4, 0.5) is 17.6 Å². The minimum atomic E-state index is -4.98. The highest BCUT2D eigenvalue weighted by Gasteiger charge is 2.63. The third kappa shape index (κ3) is 5.96. The number of aliphatic hydroxyl groups excluding tert-OH is 1. The molecule has 1 aromatic carbocycles. The monoisotopic (exact) mass is 661 g/mol. The van der Waals surface area contributed by atoms with Crippen molar-refractivity contribution < 1.29 is 37.0 Å². The number of rotatable bonds is 9. The minimum absolute atomic E-state index is 0.0350. The molecule has 7 nitrogen and oxygen atoms in total. The molecule has 1 heterocycles. The van der Waals surface area contributed by atoms with E-state index in [1.165, 1.54) is 11.0 Å². The highest BCUT2D eigenvalue weighted by Crippen LogP contribution is 2.67. The summed E-state index contributed by atoms with van der Waals surface area (Å²) in [6.45, 7) is 5.12. The third-order valence-corrected chi connectivity index (χ3v) is 10.8. The number of alkyl halides is 3. The number of carbonyl (C=O) groups is 2. The fourth-order valence-corrected chi connectivity index (χ4v) is 8.22. The first-order valence-electron chi connectivity index (χ1n) is 15.0. The van der Waals surface area contributed by atoms with Crippen molar-refractivity contribution in [2.24, 2.45) is 22.7 Å². The van der Waals surface area contributed by atoms with Crippen LogP contribution in [0.2, 0.25) is 10.0 Å². The van der Waals surface area contributed by atoms with Gasteiger partial charge in [-0.25, -0.2) is 4.39 Å². The number of hydrogen-bond donors (Lipinski definition) is 1. The Hall–Kier alpha value is -2.37. The van der Waals surface area contributed by atoms with Crippen molar-refractivity contribution in [1.29, 1.82) is 0 Å². The number of carbonyl (C=O) groups excluding carboxylic acids is 2. The lowest BCUT2D eigenvalue weighted by atomic mass is 9.74. The quantitative estimate of drug-likeness (QED) is 0.171. The molecule has 0 spiro atoms. The molecular weight excluding hydrogens is 625 g/mol. The van der Waals surface area contributed by atoms with Crippen LogP contribution >= 0.6 is 23.2 Å². The molecule has 44 heavy (non-hydrogen) atoms. The fraction of sp³-hybridized carbons (Fsp3) is 0.645. The third-order valence-electron chi connectivity index (χ3n) is 10.1. The van der Waals surface area contributed by atoms with Crippen LogP contribution in [0.5, 0.6) is 0 Å². The molecule has 13 heteroatoms. The molecule has 3 aliphatic rings. The first-order valence-corrected chi connectivity index (χ1v) is 15.8. The molecule has 0 saturated heterocycles. The van der Waals surface area contributed by atoms with E-state index in [1.54, 1.807) is 6.92 Å². The number of aliphatic hydroxyl groups is 1. The van der Waals surface area contributed by atoms with Gasteiger partial charge in [0.05, 0.1) is 48.0 Å². The summed E-state index contributed by atoms with van der Waals surface area (Å²) in [6.07, 6.45) is -1.72. The van der Waals surface area contributed by atoms with Crippen LogP contribution in [0, 0.1) is 28.5 Å². The summed E-state index contributed by atoms with van der Waals surface area (Å²) >= 11 is 12.4. The van der Waals surface area contributed by atoms with Crippen molar-refractivity contribution in [2.75, 3.05) is 13.2 Å². The number of benzene rings is 1. The van der Waals surface area contributed by atoms with E-state index in [0.717, 1.165) is 18.7 Å². The Morgan fingerprint density at radius 2 is 1.80 bits per heavy atom. The van der Waals surface area contributed by atoms with E-state index in [-0.39, 0.29) is 41.0 Å². The Morgan fingerprint density at radius 3 is 2.39 bits per heavy atom. The maximum Gasteiger partial charge on any atom is 0.433 e. The molecule has 2 aromatic rings. The Morgan fingerprint density at radius 1 is 1.16 bits per heavy atom. The molecule has 0 bridgehead atoms. The van der Waals surface area contributed by atoms with Crippen LogP contribution in [0.15, 0.2) is 18.3 Å². The topological polar surface area (TPSA) is 84.7 Å². The van der Waals surface area contributed by atoms with E-state index in [2.05, 4.69) is 18.9 Å². The number of hydrogen-bond acceptors (Lipinski definition) is 5. The molecule has 242 valence electrons. The smallest absolute Gasteiger partial charge is 0.433 e. The first-order chi connectivity index (χ1) is 20.6. The highest BCUT2D eigenvalue weighted by atomic mass is 35.5. The zero-order valence-electron chi connectivity index (χ0n) is 24.9. The van der Waals surface area contributed by atoms with Gasteiger partial charge in [-0.05, 0) is 62.0 Å². The maximum absolute atomic E-state index is 14.7. The average Bonchev–Trinajstić information content (AvgIpc) is 3.36. The zero-order chi connectivity index (χ0) is 32.2. The standard InChI is InChI=1S/C31H37Cl2F4N3O4/c1-4-44-28(43)30(10-6-5-7-11-30)16-40-26(31(35,36)37)18(14-38-40)27(42)39(17-12-19-20(13-17)29(19,2)3)15-23(41)24-21(32)8-9-22(34)25(24)33/h8-9,14,17,19-20,23,41H,4-7,10-13,15-16H2,1-3H3. The second-order valence-corrected chi connectivity index (χ2v) is 13.8. The van der Waals surface area contributed by atoms with Gasteiger partial charge in [-0.2, -0.15) is 18.3 Å². The molecule has 3 aliphatic carbocycles. The number of nitrogens with zero attached hydrogens (tertiary/aromatic N) is 3. The van der Waals surface area contributed by atoms with Gasteiger partial charge in [0, 0.05) is 16.6 Å². The predicted octanol–water partition coefficient (Wildman–Crippen LogP) is 7.47. The molecule has 3 unspecified atom stereocenters. The highest BCUT2D eigenvalue weighted by molar-refractivity contribution is 6.36. The summed E-state index contributed by atoms with van der Waals surface area (Å²) < 4.78 is 64.5. The lowest BCUT2D eigenvalue weighted by Crippen LogP contribution is -2.44.